The lowest BCUT2D eigenvalue weighted by molar-refractivity contribution is -0.137. The Morgan fingerprint density at radius 3 is 2.62 bits per heavy atom. The molecular weight excluding hydrogens is 225 g/mol. The standard InChI is InChI=1S/C9H9F3N2O2/c1-16-8-3-2-6(9(10,11)12)4-7(8)13-5-14-15/h2-5,15H,1H3,(H,13,14). The number of hydrogen-bond donors (Lipinski definition) is 2. The van der Waals surface area contributed by atoms with Crippen molar-refractivity contribution in [2.45, 2.75) is 6.18 Å². The third-order valence-electron chi connectivity index (χ3n) is 1.77. The third kappa shape index (κ3) is 2.86. The summed E-state index contributed by atoms with van der Waals surface area (Å²) >= 11 is 0. The number of aliphatic imine (C=N–C) groups is 1. The van der Waals surface area contributed by atoms with E-state index in [1.807, 2.05) is 0 Å². The lowest BCUT2D eigenvalue weighted by Crippen LogP contribution is -2.05. The van der Waals surface area contributed by atoms with Crippen LogP contribution in [-0.2, 0) is 6.18 Å². The molecule has 0 aromatic heterocycles. The van der Waals surface area contributed by atoms with Gasteiger partial charge in [-0.2, -0.15) is 13.2 Å². The van der Waals surface area contributed by atoms with Crippen molar-refractivity contribution in [3.05, 3.63) is 23.8 Å². The Balaban J connectivity index is 3.16. The Kier molecular flexibility index (Phi) is 3.73. The zero-order valence-electron chi connectivity index (χ0n) is 8.25. The van der Waals surface area contributed by atoms with E-state index < -0.39 is 11.7 Å². The van der Waals surface area contributed by atoms with Crippen molar-refractivity contribution < 1.29 is 23.1 Å². The fourth-order valence-corrected chi connectivity index (χ4v) is 1.07. The number of hydrogen-bond acceptors (Lipinski definition) is 3. The van der Waals surface area contributed by atoms with Gasteiger partial charge < -0.3 is 4.74 Å². The lowest BCUT2D eigenvalue weighted by Gasteiger charge is -2.09. The number of methoxy groups -OCH3 is 1. The van der Waals surface area contributed by atoms with Crippen LogP contribution in [0.4, 0.5) is 18.9 Å². The molecule has 0 amide bonds. The molecule has 88 valence electrons. The summed E-state index contributed by atoms with van der Waals surface area (Å²) in [6, 6.07) is 2.88. The number of hydroxylamine groups is 1. The summed E-state index contributed by atoms with van der Waals surface area (Å²) < 4.78 is 41.9. The lowest BCUT2D eigenvalue weighted by atomic mass is 10.2. The van der Waals surface area contributed by atoms with E-state index in [-0.39, 0.29) is 11.4 Å². The van der Waals surface area contributed by atoms with Gasteiger partial charge in [0.1, 0.15) is 17.8 Å². The third-order valence-corrected chi connectivity index (χ3v) is 1.77. The first-order valence-electron chi connectivity index (χ1n) is 4.16. The average molecular weight is 234 g/mol. The molecule has 0 heterocycles. The van der Waals surface area contributed by atoms with E-state index in [1.54, 1.807) is 5.48 Å². The molecule has 0 aliphatic heterocycles. The van der Waals surface area contributed by atoms with Crippen LogP contribution in [0.25, 0.3) is 0 Å². The summed E-state index contributed by atoms with van der Waals surface area (Å²) in [5.74, 6) is 0.180. The van der Waals surface area contributed by atoms with E-state index in [1.165, 1.54) is 7.11 Å². The molecule has 4 nitrogen and oxygen atoms in total. The molecule has 16 heavy (non-hydrogen) atoms. The van der Waals surface area contributed by atoms with Gasteiger partial charge >= 0.3 is 6.18 Å². The van der Waals surface area contributed by atoms with Gasteiger partial charge in [0.15, 0.2) is 0 Å². The van der Waals surface area contributed by atoms with E-state index in [4.69, 9.17) is 9.94 Å². The second kappa shape index (κ2) is 4.84. The van der Waals surface area contributed by atoms with Gasteiger partial charge in [0.25, 0.3) is 0 Å². The second-order valence-corrected chi connectivity index (χ2v) is 2.77. The minimum atomic E-state index is -4.44. The van der Waals surface area contributed by atoms with Crippen molar-refractivity contribution in [3.63, 3.8) is 0 Å². The predicted molar refractivity (Wildman–Crippen MR) is 51.1 cm³/mol. The van der Waals surface area contributed by atoms with Gasteiger partial charge in [-0.1, -0.05) is 0 Å². The van der Waals surface area contributed by atoms with Crippen molar-refractivity contribution >= 4 is 12.0 Å². The highest BCUT2D eigenvalue weighted by atomic mass is 19.4. The molecule has 2 N–H and O–H groups in total. The van der Waals surface area contributed by atoms with E-state index in [9.17, 15) is 13.2 Å². The number of benzene rings is 1. The zero-order valence-corrected chi connectivity index (χ0v) is 8.25. The highest BCUT2D eigenvalue weighted by Crippen LogP contribution is 2.35. The van der Waals surface area contributed by atoms with Crippen molar-refractivity contribution in [3.8, 4) is 5.75 Å². The summed E-state index contributed by atoms with van der Waals surface area (Å²) in [5, 5.41) is 8.26. The molecule has 0 aliphatic rings. The number of alkyl halides is 3. The van der Waals surface area contributed by atoms with Crippen LogP contribution in [0.2, 0.25) is 0 Å². The molecule has 0 saturated carbocycles. The van der Waals surface area contributed by atoms with Gasteiger partial charge in [-0.3, -0.25) is 10.7 Å². The van der Waals surface area contributed by atoms with Crippen LogP contribution in [0.3, 0.4) is 0 Å². The summed E-state index contributed by atoms with van der Waals surface area (Å²) in [5.41, 5.74) is 0.734. The molecule has 1 aromatic rings. The first-order valence-corrected chi connectivity index (χ1v) is 4.16. The topological polar surface area (TPSA) is 53.8 Å². The number of rotatable bonds is 3. The maximum atomic E-state index is 12.4. The molecule has 1 rings (SSSR count). The van der Waals surface area contributed by atoms with E-state index in [0.717, 1.165) is 24.5 Å². The molecule has 0 atom stereocenters. The molecule has 7 heteroatoms. The maximum Gasteiger partial charge on any atom is 0.416 e. The van der Waals surface area contributed by atoms with Crippen LogP contribution in [0.5, 0.6) is 5.75 Å². The fourth-order valence-electron chi connectivity index (χ4n) is 1.07. The molecule has 1 aromatic carbocycles. The Labute approximate surface area is 89.3 Å². The van der Waals surface area contributed by atoms with Crippen molar-refractivity contribution in [1.82, 2.24) is 5.48 Å². The van der Waals surface area contributed by atoms with Crippen LogP contribution in [0.1, 0.15) is 5.56 Å². The smallest absolute Gasteiger partial charge is 0.416 e. The van der Waals surface area contributed by atoms with Gasteiger partial charge in [-0.05, 0) is 18.2 Å². The number of nitrogens with zero attached hydrogens (tertiary/aromatic N) is 1. The molecule has 0 fully saturated rings. The Morgan fingerprint density at radius 1 is 1.44 bits per heavy atom. The first-order chi connectivity index (χ1) is 7.49. The Bertz CT molecular complexity index is 391. The van der Waals surface area contributed by atoms with Crippen LogP contribution >= 0.6 is 0 Å². The van der Waals surface area contributed by atoms with E-state index >= 15 is 0 Å². The first kappa shape index (κ1) is 12.3. The normalized spacial score (nSPS) is 11.8. The summed E-state index contributed by atoms with van der Waals surface area (Å²) in [4.78, 5) is 3.56. The Morgan fingerprint density at radius 2 is 2.12 bits per heavy atom. The molecule has 0 saturated heterocycles. The number of nitrogens with one attached hydrogen (secondary N) is 1. The zero-order chi connectivity index (χ0) is 12.2. The molecule has 0 radical (unpaired) electrons. The highest BCUT2D eigenvalue weighted by Gasteiger charge is 2.31. The summed E-state index contributed by atoms with van der Waals surface area (Å²) in [6.45, 7) is 0. The van der Waals surface area contributed by atoms with Crippen molar-refractivity contribution in [1.29, 1.82) is 0 Å². The molecular formula is C9H9F3N2O2. The van der Waals surface area contributed by atoms with Crippen LogP contribution in [0.15, 0.2) is 23.2 Å². The fraction of sp³-hybridized carbons (Fsp3) is 0.222. The predicted octanol–water partition coefficient (Wildman–Crippen LogP) is 2.35. The van der Waals surface area contributed by atoms with Crippen LogP contribution in [0, 0.1) is 0 Å². The van der Waals surface area contributed by atoms with Crippen LogP contribution < -0.4 is 10.2 Å². The molecule has 0 bridgehead atoms. The van der Waals surface area contributed by atoms with E-state index in [0.29, 0.717) is 0 Å². The maximum absolute atomic E-state index is 12.4. The van der Waals surface area contributed by atoms with Gasteiger partial charge in [-0.15, -0.1) is 0 Å². The van der Waals surface area contributed by atoms with Crippen molar-refractivity contribution in [2.75, 3.05) is 7.11 Å². The quantitative estimate of drug-likeness (QED) is 0.479. The monoisotopic (exact) mass is 234 g/mol. The SMILES string of the molecule is COc1ccc(C(F)(F)F)cc1N=CNO. The average Bonchev–Trinajstić information content (AvgIpc) is 2.24. The summed E-state index contributed by atoms with van der Waals surface area (Å²) in [6.07, 6.45) is -3.60. The Hall–Kier alpha value is -1.76. The molecule has 0 spiro atoms. The van der Waals surface area contributed by atoms with Gasteiger partial charge in [-0.25, -0.2) is 4.99 Å². The van der Waals surface area contributed by atoms with Crippen LogP contribution in [-0.4, -0.2) is 18.7 Å². The van der Waals surface area contributed by atoms with Gasteiger partial charge in [0.05, 0.1) is 12.7 Å². The number of ether oxygens (including phenoxy) is 1. The largest absolute Gasteiger partial charge is 0.494 e. The molecule has 0 unspecified atom stereocenters. The second-order valence-electron chi connectivity index (χ2n) is 2.77. The van der Waals surface area contributed by atoms with E-state index in [2.05, 4.69) is 4.99 Å². The molecule has 0 aliphatic carbocycles. The highest BCUT2D eigenvalue weighted by molar-refractivity contribution is 5.64. The summed E-state index contributed by atoms with van der Waals surface area (Å²) in [7, 11) is 1.31. The minimum Gasteiger partial charge on any atom is -0.494 e. The van der Waals surface area contributed by atoms with Crippen molar-refractivity contribution in [2.24, 2.45) is 4.99 Å². The minimum absolute atomic E-state index is 0.0288. The van der Waals surface area contributed by atoms with Gasteiger partial charge in [0, 0.05) is 0 Å². The number of halogens is 3. The van der Waals surface area contributed by atoms with Gasteiger partial charge in [0.2, 0.25) is 0 Å².